The molecule has 0 aliphatic rings. The Bertz CT molecular complexity index is 943. The summed E-state index contributed by atoms with van der Waals surface area (Å²) in [7, 11) is 0.781. The third-order valence-corrected chi connectivity index (χ3v) is 6.65. The Morgan fingerprint density at radius 1 is 0.780 bits per heavy atom. The Hall–Kier alpha value is -2.26. The minimum Gasteiger partial charge on any atom is -0.466 e. The second-order valence-corrected chi connectivity index (χ2v) is 11.6. The number of quaternary nitrogens is 1. The molecule has 1 aromatic rings. The summed E-state index contributed by atoms with van der Waals surface area (Å²) in [6, 6.07) is 0.303. The number of hydrogen-bond donors (Lipinski definition) is 1. The smallest absolute Gasteiger partial charge is 0.466 e. The molecule has 0 saturated heterocycles. The second-order valence-electron chi connectivity index (χ2n) is 10.2. The molecule has 240 valence electrons. The van der Waals surface area contributed by atoms with Gasteiger partial charge in [-0.05, 0) is 6.42 Å². The van der Waals surface area contributed by atoms with E-state index in [-0.39, 0.29) is 29.0 Å². The quantitative estimate of drug-likeness (QED) is 0.0621. The molecule has 0 atom stereocenters. The number of nitrogens with zero attached hydrogens (tertiary/aromatic N) is 4. The molecule has 0 spiro atoms. The third kappa shape index (κ3) is 18.7. The van der Waals surface area contributed by atoms with Gasteiger partial charge in [-0.3, -0.25) is 9.04 Å². The molecule has 0 unspecified atom stereocenters. The minimum absolute atomic E-state index is 0.118. The Morgan fingerprint density at radius 3 is 1.49 bits per heavy atom. The number of carbonyl (C=O) groups excluding carboxylic acids is 1. The summed E-state index contributed by atoms with van der Waals surface area (Å²) in [5.41, 5.74) is -5.53. The van der Waals surface area contributed by atoms with Crippen molar-refractivity contribution < 1.29 is 45.1 Å². The standard InChI is InChI=1S/C25H47N4O4.CHF3O3S/c1-6-7-8-9-10-11-12-13-14-15-16-17-18-19-20-33-22(30)21-29(2,3)23-26-24(31-4)28-25(27-23)32-5;2-1(3,4)8(5,6)7/h6-21H2,1-5H3;(H,5,6,7)/q+1;. The highest BCUT2D eigenvalue weighted by molar-refractivity contribution is 7.86. The van der Waals surface area contributed by atoms with E-state index in [1.807, 2.05) is 14.1 Å². The first-order chi connectivity index (χ1) is 19.2. The SMILES string of the molecule is CCCCCCCCCCCCCCCCOC(=O)C[N+](C)(C)c1nc(OC)nc(OC)n1.O=S(=O)(O)C(F)(F)F. The molecular formula is C26H48F3N4O7S+. The van der Waals surface area contributed by atoms with Crippen molar-refractivity contribution in [1.29, 1.82) is 0 Å². The lowest BCUT2D eigenvalue weighted by molar-refractivity contribution is -0.144. The first kappa shape index (κ1) is 38.7. The summed E-state index contributed by atoms with van der Waals surface area (Å²) < 4.78 is 73.3. The predicted molar refractivity (Wildman–Crippen MR) is 150 cm³/mol. The van der Waals surface area contributed by atoms with Gasteiger partial charge >= 0.3 is 39.6 Å². The zero-order valence-electron chi connectivity index (χ0n) is 25.0. The summed E-state index contributed by atoms with van der Waals surface area (Å²) in [5.74, 6) is 0.111. The van der Waals surface area contributed by atoms with E-state index < -0.39 is 15.6 Å². The van der Waals surface area contributed by atoms with E-state index in [0.29, 0.717) is 12.6 Å². The summed E-state index contributed by atoms with van der Waals surface area (Å²) in [6.07, 6.45) is 18.3. The Labute approximate surface area is 242 Å². The van der Waals surface area contributed by atoms with Crippen LogP contribution in [-0.2, 0) is 19.6 Å². The monoisotopic (exact) mass is 617 g/mol. The number of unbranched alkanes of at least 4 members (excludes halogenated alkanes) is 13. The molecule has 15 heteroatoms. The van der Waals surface area contributed by atoms with Crippen molar-refractivity contribution in [3.8, 4) is 12.0 Å². The van der Waals surface area contributed by atoms with E-state index >= 15 is 0 Å². The summed E-state index contributed by atoms with van der Waals surface area (Å²) in [6.45, 7) is 2.85. The van der Waals surface area contributed by atoms with Gasteiger partial charge in [0, 0.05) is 0 Å². The van der Waals surface area contributed by atoms with Gasteiger partial charge in [-0.15, -0.1) is 15.0 Å². The fourth-order valence-electron chi connectivity index (χ4n) is 3.70. The third-order valence-electron chi connectivity index (χ3n) is 6.07. The normalized spacial score (nSPS) is 11.9. The summed E-state index contributed by atoms with van der Waals surface area (Å²) >= 11 is 0. The fraction of sp³-hybridized carbons (Fsp3) is 0.846. The van der Waals surface area contributed by atoms with Crippen LogP contribution in [0.3, 0.4) is 0 Å². The number of carbonyl (C=O) groups is 1. The van der Waals surface area contributed by atoms with Gasteiger partial charge in [0.05, 0.1) is 34.9 Å². The lowest BCUT2D eigenvalue weighted by atomic mass is 10.0. The van der Waals surface area contributed by atoms with Crippen LogP contribution in [0, 0.1) is 0 Å². The number of halogens is 3. The van der Waals surface area contributed by atoms with Gasteiger partial charge in [0.1, 0.15) is 0 Å². The number of ether oxygens (including phenoxy) is 3. The molecule has 0 saturated carbocycles. The molecule has 1 rings (SSSR count). The summed E-state index contributed by atoms with van der Waals surface area (Å²) in [4.78, 5) is 24.8. The Balaban J connectivity index is 0.00000173. The van der Waals surface area contributed by atoms with E-state index in [1.165, 1.54) is 91.3 Å². The maximum absolute atomic E-state index is 12.3. The molecule has 0 amide bonds. The van der Waals surface area contributed by atoms with Crippen LogP contribution < -0.4 is 14.0 Å². The van der Waals surface area contributed by atoms with Crippen molar-refractivity contribution in [3.63, 3.8) is 0 Å². The summed E-state index contributed by atoms with van der Waals surface area (Å²) in [5, 5.41) is 0. The molecule has 1 heterocycles. The second kappa shape index (κ2) is 20.6. The zero-order valence-corrected chi connectivity index (χ0v) is 25.9. The molecule has 0 fully saturated rings. The van der Waals surface area contributed by atoms with Gasteiger partial charge < -0.3 is 14.2 Å². The highest BCUT2D eigenvalue weighted by Crippen LogP contribution is 2.21. The van der Waals surface area contributed by atoms with Crippen LogP contribution in [0.15, 0.2) is 0 Å². The maximum atomic E-state index is 12.3. The van der Waals surface area contributed by atoms with Gasteiger partial charge in [-0.2, -0.15) is 21.6 Å². The van der Waals surface area contributed by atoms with Crippen molar-refractivity contribution in [2.75, 3.05) is 41.5 Å². The molecule has 1 N–H and O–H groups in total. The molecule has 1 aromatic heterocycles. The first-order valence-electron chi connectivity index (χ1n) is 14.0. The number of methoxy groups -OCH3 is 2. The van der Waals surface area contributed by atoms with Gasteiger partial charge in [-0.25, -0.2) is 4.79 Å². The van der Waals surface area contributed by atoms with Crippen molar-refractivity contribution >= 4 is 22.0 Å². The number of aromatic nitrogens is 3. The Kier molecular flexibility index (Phi) is 19.5. The van der Waals surface area contributed by atoms with Crippen molar-refractivity contribution in [2.45, 2.75) is 102 Å². The van der Waals surface area contributed by atoms with E-state index in [4.69, 9.17) is 27.2 Å². The average molecular weight is 618 g/mol. The van der Waals surface area contributed by atoms with Crippen LogP contribution in [0.1, 0.15) is 96.8 Å². The molecule has 41 heavy (non-hydrogen) atoms. The topological polar surface area (TPSA) is 138 Å². The molecule has 0 bridgehead atoms. The number of alkyl halides is 3. The largest absolute Gasteiger partial charge is 0.522 e. The van der Waals surface area contributed by atoms with Gasteiger partial charge in [-0.1, -0.05) is 90.4 Å². The van der Waals surface area contributed by atoms with E-state index in [0.717, 1.165) is 12.8 Å². The zero-order chi connectivity index (χ0) is 31.4. The van der Waals surface area contributed by atoms with Crippen molar-refractivity contribution in [2.24, 2.45) is 0 Å². The van der Waals surface area contributed by atoms with Crippen LogP contribution in [0.4, 0.5) is 19.1 Å². The average Bonchev–Trinajstić information content (AvgIpc) is 2.89. The molecular weight excluding hydrogens is 569 g/mol. The number of rotatable bonds is 20. The lowest BCUT2D eigenvalue weighted by Gasteiger charge is -2.25. The van der Waals surface area contributed by atoms with Crippen molar-refractivity contribution in [1.82, 2.24) is 19.4 Å². The highest BCUT2D eigenvalue weighted by Gasteiger charge is 2.44. The van der Waals surface area contributed by atoms with Crippen LogP contribution >= 0.6 is 0 Å². The lowest BCUT2D eigenvalue weighted by Crippen LogP contribution is -2.46. The number of esters is 1. The highest BCUT2D eigenvalue weighted by atomic mass is 32.2. The molecule has 0 radical (unpaired) electrons. The number of likely N-dealkylation sites (N-methyl/N-ethyl adjacent to an activating group) is 1. The molecule has 0 aliphatic heterocycles. The molecule has 0 aliphatic carbocycles. The molecule has 0 aromatic carbocycles. The maximum Gasteiger partial charge on any atom is 0.522 e. The van der Waals surface area contributed by atoms with Crippen LogP contribution in [0.25, 0.3) is 0 Å². The van der Waals surface area contributed by atoms with Crippen LogP contribution in [0.2, 0.25) is 0 Å². The number of hydrogen-bond acceptors (Lipinski definition) is 9. The Morgan fingerprint density at radius 2 is 1.15 bits per heavy atom. The van der Waals surface area contributed by atoms with E-state index in [1.54, 1.807) is 0 Å². The molecule has 11 nitrogen and oxygen atoms in total. The fourth-order valence-corrected chi connectivity index (χ4v) is 3.70. The van der Waals surface area contributed by atoms with E-state index in [2.05, 4.69) is 21.9 Å². The minimum atomic E-state index is -5.84. The van der Waals surface area contributed by atoms with Gasteiger partial charge in [0.15, 0.2) is 6.54 Å². The van der Waals surface area contributed by atoms with Crippen LogP contribution in [0.5, 0.6) is 12.0 Å². The first-order valence-corrected chi connectivity index (χ1v) is 15.5. The van der Waals surface area contributed by atoms with Crippen LogP contribution in [-0.4, -0.2) is 80.9 Å². The van der Waals surface area contributed by atoms with Gasteiger partial charge in [0.25, 0.3) is 0 Å². The predicted octanol–water partition coefficient (Wildman–Crippen LogP) is 5.87. The van der Waals surface area contributed by atoms with Crippen molar-refractivity contribution in [3.05, 3.63) is 0 Å². The van der Waals surface area contributed by atoms with Gasteiger partial charge in [0.2, 0.25) is 0 Å². The van der Waals surface area contributed by atoms with E-state index in [9.17, 15) is 18.0 Å².